The van der Waals surface area contributed by atoms with Crippen LogP contribution in [-0.4, -0.2) is 31.3 Å². The Labute approximate surface area is 146 Å². The fourth-order valence-corrected chi connectivity index (χ4v) is 3.99. The number of hydrogen-bond donors (Lipinski definition) is 1. The van der Waals surface area contributed by atoms with Crippen molar-refractivity contribution in [3.05, 3.63) is 0 Å². The molecule has 22 heavy (non-hydrogen) atoms. The van der Waals surface area contributed by atoms with E-state index in [0.717, 1.165) is 0 Å². The standard InChI is InChI=1S/C14H26F3INO2Si/c1-9(2)13(21-22(6)7,19-10(20)8-18)11(12(3,4)5)14(15,16)17/h9,11H,8H2,1-7H3,(H,19,20). The molecule has 1 N–H and O–H groups in total. The van der Waals surface area contributed by atoms with Crippen molar-refractivity contribution in [3.8, 4) is 0 Å². The molecular weight excluding hydrogens is 426 g/mol. The number of hydrogen-bond acceptors (Lipinski definition) is 2. The van der Waals surface area contributed by atoms with Crippen molar-refractivity contribution < 1.29 is 22.4 Å². The first kappa shape index (κ1) is 22.2. The average molecular weight is 452 g/mol. The molecule has 0 aromatic heterocycles. The second kappa shape index (κ2) is 7.83. The van der Waals surface area contributed by atoms with Crippen LogP contribution in [0.5, 0.6) is 0 Å². The van der Waals surface area contributed by atoms with E-state index in [1.165, 1.54) is 20.8 Å². The van der Waals surface area contributed by atoms with Gasteiger partial charge in [-0.3, -0.25) is 4.79 Å². The third kappa shape index (κ3) is 5.66. The lowest BCUT2D eigenvalue weighted by atomic mass is 9.70. The van der Waals surface area contributed by atoms with Gasteiger partial charge in [0.2, 0.25) is 14.9 Å². The molecule has 3 nitrogen and oxygen atoms in total. The highest BCUT2D eigenvalue weighted by Crippen LogP contribution is 2.49. The Kier molecular flexibility index (Phi) is 7.89. The van der Waals surface area contributed by atoms with Crippen LogP contribution in [0.15, 0.2) is 0 Å². The zero-order valence-corrected chi connectivity index (χ0v) is 17.3. The van der Waals surface area contributed by atoms with Crippen molar-refractivity contribution in [3.63, 3.8) is 0 Å². The van der Waals surface area contributed by atoms with Crippen molar-refractivity contribution in [2.45, 2.75) is 59.6 Å². The van der Waals surface area contributed by atoms with Gasteiger partial charge in [-0.1, -0.05) is 57.2 Å². The Morgan fingerprint density at radius 2 is 1.68 bits per heavy atom. The monoisotopic (exact) mass is 452 g/mol. The smallest absolute Gasteiger partial charge is 0.394 e. The number of halogens is 4. The molecule has 131 valence electrons. The van der Waals surface area contributed by atoms with Gasteiger partial charge in [-0.05, 0) is 18.5 Å². The molecule has 0 saturated heterocycles. The zero-order valence-electron chi connectivity index (χ0n) is 14.2. The summed E-state index contributed by atoms with van der Waals surface area (Å²) in [6.45, 7) is 11.4. The van der Waals surface area contributed by atoms with Crippen molar-refractivity contribution in [1.29, 1.82) is 0 Å². The van der Waals surface area contributed by atoms with Gasteiger partial charge in [0.05, 0.1) is 4.43 Å². The predicted molar refractivity (Wildman–Crippen MR) is 92.2 cm³/mol. The molecule has 2 unspecified atom stereocenters. The lowest BCUT2D eigenvalue weighted by molar-refractivity contribution is -0.265. The lowest BCUT2D eigenvalue weighted by Crippen LogP contribution is -2.67. The minimum absolute atomic E-state index is 0.0831. The highest BCUT2D eigenvalue weighted by Gasteiger charge is 2.61. The van der Waals surface area contributed by atoms with E-state index < -0.39 is 44.1 Å². The summed E-state index contributed by atoms with van der Waals surface area (Å²) in [5.74, 6) is -2.78. The van der Waals surface area contributed by atoms with E-state index in [1.807, 2.05) is 22.6 Å². The second-order valence-electron chi connectivity index (χ2n) is 6.98. The molecule has 0 fully saturated rings. The van der Waals surface area contributed by atoms with E-state index in [2.05, 4.69) is 5.32 Å². The van der Waals surface area contributed by atoms with Gasteiger partial charge in [-0.25, -0.2) is 0 Å². The minimum atomic E-state index is -4.49. The third-order valence-electron chi connectivity index (χ3n) is 3.31. The molecule has 0 bridgehead atoms. The van der Waals surface area contributed by atoms with Crippen LogP contribution in [0.3, 0.4) is 0 Å². The Balaban J connectivity index is 6.22. The second-order valence-corrected chi connectivity index (χ2v) is 9.76. The molecule has 0 heterocycles. The summed E-state index contributed by atoms with van der Waals surface area (Å²) in [4.78, 5) is 11.9. The summed E-state index contributed by atoms with van der Waals surface area (Å²) in [5, 5.41) is 2.56. The predicted octanol–water partition coefficient (Wildman–Crippen LogP) is 4.38. The molecule has 0 saturated carbocycles. The van der Waals surface area contributed by atoms with E-state index in [1.54, 1.807) is 26.9 Å². The largest absolute Gasteiger partial charge is 0.396 e. The first-order chi connectivity index (χ1) is 9.68. The van der Waals surface area contributed by atoms with Crippen LogP contribution in [0.1, 0.15) is 34.6 Å². The van der Waals surface area contributed by atoms with Crippen molar-refractivity contribution in [1.82, 2.24) is 5.32 Å². The molecule has 1 radical (unpaired) electrons. The normalized spacial score (nSPS) is 17.5. The van der Waals surface area contributed by atoms with E-state index in [-0.39, 0.29) is 4.43 Å². The highest BCUT2D eigenvalue weighted by molar-refractivity contribution is 14.1. The van der Waals surface area contributed by atoms with E-state index >= 15 is 0 Å². The molecular formula is C14H26F3INO2Si. The average Bonchev–Trinajstić information content (AvgIpc) is 2.22. The molecule has 0 aromatic rings. The summed E-state index contributed by atoms with van der Waals surface area (Å²) < 4.78 is 47.5. The maximum Gasteiger partial charge on any atom is 0.396 e. The van der Waals surface area contributed by atoms with Gasteiger partial charge in [-0.15, -0.1) is 0 Å². The van der Waals surface area contributed by atoms with Crippen LogP contribution in [-0.2, 0) is 9.22 Å². The number of rotatable bonds is 6. The number of alkyl halides is 4. The van der Waals surface area contributed by atoms with Crippen LogP contribution < -0.4 is 5.32 Å². The minimum Gasteiger partial charge on any atom is -0.394 e. The molecule has 0 spiro atoms. The van der Waals surface area contributed by atoms with Crippen LogP contribution in [0.25, 0.3) is 0 Å². The van der Waals surface area contributed by atoms with Crippen molar-refractivity contribution in [2.75, 3.05) is 4.43 Å². The number of carbonyl (C=O) groups excluding carboxylic acids is 1. The molecule has 8 heteroatoms. The molecule has 0 aromatic carbocycles. The summed E-state index contributed by atoms with van der Waals surface area (Å²) in [5.41, 5.74) is -2.87. The summed E-state index contributed by atoms with van der Waals surface area (Å²) in [7, 11) is -1.47. The van der Waals surface area contributed by atoms with E-state index in [9.17, 15) is 18.0 Å². The topological polar surface area (TPSA) is 38.3 Å². The van der Waals surface area contributed by atoms with Crippen molar-refractivity contribution >= 4 is 37.5 Å². The van der Waals surface area contributed by atoms with Gasteiger partial charge in [0.15, 0.2) is 0 Å². The van der Waals surface area contributed by atoms with Crippen LogP contribution >= 0.6 is 22.6 Å². The highest BCUT2D eigenvalue weighted by atomic mass is 127. The van der Waals surface area contributed by atoms with Crippen LogP contribution in [0, 0.1) is 17.3 Å². The molecule has 2 atom stereocenters. The summed E-state index contributed by atoms with van der Waals surface area (Å²) >= 11 is 1.84. The number of carbonyl (C=O) groups is 1. The Morgan fingerprint density at radius 1 is 1.23 bits per heavy atom. The van der Waals surface area contributed by atoms with Crippen LogP contribution in [0.4, 0.5) is 13.2 Å². The van der Waals surface area contributed by atoms with Crippen LogP contribution in [0.2, 0.25) is 13.1 Å². The summed E-state index contributed by atoms with van der Waals surface area (Å²) in [6.07, 6.45) is -4.49. The van der Waals surface area contributed by atoms with Gasteiger partial charge in [-0.2, -0.15) is 13.2 Å². The fourth-order valence-electron chi connectivity index (χ4n) is 2.72. The Hall–Kier alpha value is 0.167. The molecule has 0 aliphatic carbocycles. The summed E-state index contributed by atoms with van der Waals surface area (Å²) in [6, 6.07) is 0. The van der Waals surface area contributed by atoms with Crippen molar-refractivity contribution in [2.24, 2.45) is 17.3 Å². The van der Waals surface area contributed by atoms with Gasteiger partial charge in [0.1, 0.15) is 11.6 Å². The fraction of sp³-hybridized carbons (Fsp3) is 0.929. The van der Waals surface area contributed by atoms with Gasteiger partial charge in [0, 0.05) is 5.92 Å². The molecule has 0 aliphatic heterocycles. The lowest BCUT2D eigenvalue weighted by Gasteiger charge is -2.50. The number of nitrogens with one attached hydrogen (secondary N) is 1. The van der Waals surface area contributed by atoms with Gasteiger partial charge in [0.25, 0.3) is 0 Å². The quantitative estimate of drug-likeness (QED) is 0.281. The maximum absolute atomic E-state index is 13.9. The van der Waals surface area contributed by atoms with Gasteiger partial charge < -0.3 is 9.74 Å². The molecule has 1 amide bonds. The first-order valence-electron chi connectivity index (χ1n) is 7.11. The zero-order chi connectivity index (χ0) is 17.9. The first-order valence-corrected chi connectivity index (χ1v) is 11.0. The van der Waals surface area contributed by atoms with E-state index in [0.29, 0.717) is 0 Å². The Morgan fingerprint density at radius 3 is 1.91 bits per heavy atom. The number of amides is 1. The Bertz CT molecular complexity index is 369. The SMILES string of the molecule is CC(C)C(NC(=O)CI)(O[Si](C)C)C(C(C)(C)C)C(F)(F)F. The molecule has 0 aliphatic rings. The maximum atomic E-state index is 13.9. The van der Waals surface area contributed by atoms with Gasteiger partial charge >= 0.3 is 6.18 Å². The third-order valence-corrected chi connectivity index (χ3v) is 4.75. The van der Waals surface area contributed by atoms with E-state index in [4.69, 9.17) is 4.43 Å². The molecule has 0 rings (SSSR count).